The topological polar surface area (TPSA) is 20.2 Å². The van der Waals surface area contributed by atoms with E-state index in [4.69, 9.17) is 0 Å². The first-order valence-electron chi connectivity index (χ1n) is 4.60. The molecular weight excluding hydrogens is 136 g/mol. The molecule has 1 aliphatic rings. The second kappa shape index (κ2) is 3.91. The number of hydrogen-bond donors (Lipinski definition) is 1. The molecule has 1 aliphatic carbocycles. The predicted molar refractivity (Wildman–Crippen MR) is 47.5 cm³/mol. The molecule has 1 rings (SSSR count). The van der Waals surface area contributed by atoms with E-state index in [1.54, 1.807) is 0 Å². The van der Waals surface area contributed by atoms with Crippen molar-refractivity contribution >= 4 is 0 Å². The Morgan fingerprint density at radius 1 is 1.27 bits per heavy atom. The molecule has 0 radical (unpaired) electrons. The molecule has 0 amide bonds. The standard InChI is InChI=1S/C10H18O/c1-2-3-7-10(11)8-5-4-6-9-10/h2-3,11H,4-9H2,1H3. The van der Waals surface area contributed by atoms with Gasteiger partial charge in [0, 0.05) is 0 Å². The van der Waals surface area contributed by atoms with Crippen molar-refractivity contribution in [1.29, 1.82) is 0 Å². The van der Waals surface area contributed by atoms with Crippen molar-refractivity contribution in [1.82, 2.24) is 0 Å². The van der Waals surface area contributed by atoms with Gasteiger partial charge >= 0.3 is 0 Å². The van der Waals surface area contributed by atoms with Gasteiger partial charge in [-0.3, -0.25) is 0 Å². The minimum Gasteiger partial charge on any atom is -0.390 e. The first-order valence-corrected chi connectivity index (χ1v) is 4.60. The highest BCUT2D eigenvalue weighted by molar-refractivity contribution is 4.91. The molecule has 0 atom stereocenters. The van der Waals surface area contributed by atoms with Gasteiger partial charge in [-0.2, -0.15) is 0 Å². The van der Waals surface area contributed by atoms with Gasteiger partial charge in [-0.25, -0.2) is 0 Å². The van der Waals surface area contributed by atoms with Crippen LogP contribution in [0.25, 0.3) is 0 Å². The Bertz CT molecular complexity index is 132. The van der Waals surface area contributed by atoms with Crippen molar-refractivity contribution in [3.05, 3.63) is 12.2 Å². The van der Waals surface area contributed by atoms with Crippen LogP contribution in [0.5, 0.6) is 0 Å². The maximum Gasteiger partial charge on any atom is 0.0682 e. The minimum atomic E-state index is -0.356. The van der Waals surface area contributed by atoms with Crippen LogP contribution in [-0.2, 0) is 0 Å². The Kier molecular flexibility index (Phi) is 3.13. The quantitative estimate of drug-likeness (QED) is 0.606. The summed E-state index contributed by atoms with van der Waals surface area (Å²) in [6.45, 7) is 2.01. The molecule has 64 valence electrons. The number of rotatable bonds is 2. The van der Waals surface area contributed by atoms with Gasteiger partial charge in [0.1, 0.15) is 0 Å². The SMILES string of the molecule is CC=CCC1(O)CCCCC1. The Labute approximate surface area is 69.1 Å². The van der Waals surface area contributed by atoms with E-state index >= 15 is 0 Å². The molecule has 1 N–H and O–H groups in total. The second-order valence-electron chi connectivity index (χ2n) is 3.56. The van der Waals surface area contributed by atoms with Crippen molar-refractivity contribution in [3.63, 3.8) is 0 Å². The molecule has 1 heteroatoms. The lowest BCUT2D eigenvalue weighted by Crippen LogP contribution is -2.30. The minimum absolute atomic E-state index is 0.356. The molecule has 0 spiro atoms. The highest BCUT2D eigenvalue weighted by atomic mass is 16.3. The average molecular weight is 154 g/mol. The zero-order valence-corrected chi connectivity index (χ0v) is 7.34. The molecule has 0 aromatic rings. The van der Waals surface area contributed by atoms with Gasteiger partial charge in [-0.15, -0.1) is 0 Å². The third-order valence-corrected chi connectivity index (χ3v) is 2.52. The van der Waals surface area contributed by atoms with Gasteiger partial charge < -0.3 is 5.11 Å². The molecule has 0 heterocycles. The van der Waals surface area contributed by atoms with E-state index in [0.29, 0.717) is 0 Å². The molecular formula is C10H18O. The Hall–Kier alpha value is -0.300. The van der Waals surface area contributed by atoms with Crippen LogP contribution < -0.4 is 0 Å². The third-order valence-electron chi connectivity index (χ3n) is 2.52. The molecule has 1 fully saturated rings. The maximum absolute atomic E-state index is 9.95. The average Bonchev–Trinajstić information content (AvgIpc) is 2.03. The lowest BCUT2D eigenvalue weighted by molar-refractivity contribution is 0.00693. The van der Waals surface area contributed by atoms with Crippen molar-refractivity contribution in [2.75, 3.05) is 0 Å². The van der Waals surface area contributed by atoms with Crippen molar-refractivity contribution in [2.45, 2.75) is 51.0 Å². The van der Waals surface area contributed by atoms with Crippen LogP contribution in [-0.4, -0.2) is 10.7 Å². The van der Waals surface area contributed by atoms with E-state index in [-0.39, 0.29) is 5.60 Å². The fourth-order valence-electron chi connectivity index (χ4n) is 1.75. The Balaban J connectivity index is 2.37. The first-order chi connectivity index (χ1) is 5.27. The summed E-state index contributed by atoms with van der Waals surface area (Å²) in [4.78, 5) is 0. The van der Waals surface area contributed by atoms with E-state index in [1.807, 2.05) is 13.0 Å². The zero-order chi connectivity index (χ0) is 8.16. The van der Waals surface area contributed by atoms with Crippen LogP contribution in [0.3, 0.4) is 0 Å². The fraction of sp³-hybridized carbons (Fsp3) is 0.800. The number of hydrogen-bond acceptors (Lipinski definition) is 1. The third kappa shape index (κ3) is 2.66. The highest BCUT2D eigenvalue weighted by Gasteiger charge is 2.27. The van der Waals surface area contributed by atoms with Crippen LogP contribution in [0.4, 0.5) is 0 Å². The molecule has 1 nitrogen and oxygen atoms in total. The van der Waals surface area contributed by atoms with Gasteiger partial charge in [0.15, 0.2) is 0 Å². The summed E-state index contributed by atoms with van der Waals surface area (Å²) < 4.78 is 0. The maximum atomic E-state index is 9.95. The summed E-state index contributed by atoms with van der Waals surface area (Å²) >= 11 is 0. The normalized spacial score (nSPS) is 24.2. The van der Waals surface area contributed by atoms with E-state index in [9.17, 15) is 5.11 Å². The summed E-state index contributed by atoms with van der Waals surface area (Å²) in [6.07, 6.45) is 10.6. The number of aliphatic hydroxyl groups is 1. The highest BCUT2D eigenvalue weighted by Crippen LogP contribution is 2.30. The van der Waals surface area contributed by atoms with E-state index in [0.717, 1.165) is 19.3 Å². The summed E-state index contributed by atoms with van der Waals surface area (Å²) in [5.74, 6) is 0. The van der Waals surface area contributed by atoms with Gasteiger partial charge in [-0.1, -0.05) is 31.4 Å². The zero-order valence-electron chi connectivity index (χ0n) is 7.34. The Morgan fingerprint density at radius 2 is 1.91 bits per heavy atom. The van der Waals surface area contributed by atoms with Crippen molar-refractivity contribution in [2.24, 2.45) is 0 Å². The molecule has 11 heavy (non-hydrogen) atoms. The van der Waals surface area contributed by atoms with Gasteiger partial charge in [0.25, 0.3) is 0 Å². The second-order valence-corrected chi connectivity index (χ2v) is 3.56. The lowest BCUT2D eigenvalue weighted by atomic mass is 9.82. The van der Waals surface area contributed by atoms with Crippen molar-refractivity contribution in [3.8, 4) is 0 Å². The van der Waals surface area contributed by atoms with Gasteiger partial charge in [0.05, 0.1) is 5.60 Å². The molecule has 1 saturated carbocycles. The molecule has 0 unspecified atom stereocenters. The monoisotopic (exact) mass is 154 g/mol. The van der Waals surface area contributed by atoms with Crippen LogP contribution in [0.15, 0.2) is 12.2 Å². The molecule has 0 aromatic heterocycles. The summed E-state index contributed by atoms with van der Waals surface area (Å²) in [5, 5.41) is 9.95. The lowest BCUT2D eigenvalue weighted by Gasteiger charge is -2.30. The van der Waals surface area contributed by atoms with Gasteiger partial charge in [0.2, 0.25) is 0 Å². The van der Waals surface area contributed by atoms with Gasteiger partial charge in [-0.05, 0) is 26.2 Å². The van der Waals surface area contributed by atoms with Crippen LogP contribution in [0.1, 0.15) is 45.4 Å². The summed E-state index contributed by atoms with van der Waals surface area (Å²) in [7, 11) is 0. The first kappa shape index (κ1) is 8.79. The molecule has 0 saturated heterocycles. The smallest absolute Gasteiger partial charge is 0.0682 e. The molecule has 0 aromatic carbocycles. The predicted octanol–water partition coefficient (Wildman–Crippen LogP) is 2.65. The van der Waals surface area contributed by atoms with E-state index in [1.165, 1.54) is 19.3 Å². The fourth-order valence-corrected chi connectivity index (χ4v) is 1.75. The molecule has 0 aliphatic heterocycles. The van der Waals surface area contributed by atoms with Crippen LogP contribution >= 0.6 is 0 Å². The van der Waals surface area contributed by atoms with Crippen molar-refractivity contribution < 1.29 is 5.11 Å². The number of allylic oxidation sites excluding steroid dienone is 1. The van der Waals surface area contributed by atoms with Crippen LogP contribution in [0.2, 0.25) is 0 Å². The van der Waals surface area contributed by atoms with E-state index < -0.39 is 0 Å². The largest absolute Gasteiger partial charge is 0.390 e. The molecule has 0 bridgehead atoms. The van der Waals surface area contributed by atoms with Crippen LogP contribution in [0, 0.1) is 0 Å². The summed E-state index contributed by atoms with van der Waals surface area (Å²) in [5.41, 5.74) is -0.356. The Morgan fingerprint density at radius 3 is 2.45 bits per heavy atom. The summed E-state index contributed by atoms with van der Waals surface area (Å²) in [6, 6.07) is 0. The van der Waals surface area contributed by atoms with E-state index in [2.05, 4.69) is 6.08 Å².